The SMILES string of the molecule is C#CCNCC(=O)NC(C)c1ccc(NC(N)=O)cc1. The van der Waals surface area contributed by atoms with Gasteiger partial charge in [0, 0.05) is 5.69 Å². The first-order valence-corrected chi connectivity index (χ1v) is 6.13. The Morgan fingerprint density at radius 1 is 1.35 bits per heavy atom. The zero-order valence-corrected chi connectivity index (χ0v) is 11.3. The fraction of sp³-hybridized carbons (Fsp3) is 0.286. The lowest BCUT2D eigenvalue weighted by Crippen LogP contribution is -2.35. The van der Waals surface area contributed by atoms with E-state index in [0.717, 1.165) is 5.56 Å². The van der Waals surface area contributed by atoms with E-state index in [-0.39, 0.29) is 18.5 Å². The minimum atomic E-state index is -0.612. The normalized spacial score (nSPS) is 11.2. The lowest BCUT2D eigenvalue weighted by atomic mass is 10.1. The van der Waals surface area contributed by atoms with Gasteiger partial charge in [-0.05, 0) is 24.6 Å². The molecule has 0 aliphatic rings. The van der Waals surface area contributed by atoms with Crippen LogP contribution < -0.4 is 21.7 Å². The smallest absolute Gasteiger partial charge is 0.316 e. The minimum absolute atomic E-state index is 0.132. The van der Waals surface area contributed by atoms with Crippen LogP contribution in [0.4, 0.5) is 10.5 Å². The van der Waals surface area contributed by atoms with Gasteiger partial charge in [-0.1, -0.05) is 18.1 Å². The van der Waals surface area contributed by atoms with Crippen molar-refractivity contribution in [1.29, 1.82) is 0 Å². The van der Waals surface area contributed by atoms with Gasteiger partial charge in [-0.25, -0.2) is 4.79 Å². The Labute approximate surface area is 118 Å². The molecule has 5 N–H and O–H groups in total. The second-order valence-electron chi connectivity index (χ2n) is 4.21. The molecule has 0 saturated heterocycles. The van der Waals surface area contributed by atoms with Crippen LogP contribution in [-0.2, 0) is 4.79 Å². The number of anilines is 1. The number of nitrogens with one attached hydrogen (secondary N) is 3. The summed E-state index contributed by atoms with van der Waals surface area (Å²) in [5.74, 6) is 2.26. The molecule has 1 aromatic carbocycles. The van der Waals surface area contributed by atoms with Gasteiger partial charge in [-0.2, -0.15) is 0 Å². The summed E-state index contributed by atoms with van der Waals surface area (Å²) in [7, 11) is 0. The minimum Gasteiger partial charge on any atom is -0.351 e. The number of hydrogen-bond donors (Lipinski definition) is 4. The molecule has 0 spiro atoms. The molecular weight excluding hydrogens is 256 g/mol. The van der Waals surface area contributed by atoms with Crippen LogP contribution in [0.2, 0.25) is 0 Å². The molecule has 6 heteroatoms. The van der Waals surface area contributed by atoms with E-state index in [1.807, 2.05) is 19.1 Å². The van der Waals surface area contributed by atoms with Gasteiger partial charge in [0.2, 0.25) is 5.91 Å². The molecule has 0 aliphatic carbocycles. The summed E-state index contributed by atoms with van der Waals surface area (Å²) in [6, 6.07) is 6.31. The zero-order valence-electron chi connectivity index (χ0n) is 11.3. The summed E-state index contributed by atoms with van der Waals surface area (Å²) in [4.78, 5) is 22.3. The van der Waals surface area contributed by atoms with Crippen molar-refractivity contribution in [3.05, 3.63) is 29.8 Å². The van der Waals surface area contributed by atoms with Crippen molar-refractivity contribution < 1.29 is 9.59 Å². The van der Waals surface area contributed by atoms with E-state index in [1.165, 1.54) is 0 Å². The molecule has 0 heterocycles. The zero-order chi connectivity index (χ0) is 15.0. The summed E-state index contributed by atoms with van der Waals surface area (Å²) in [5, 5.41) is 8.11. The van der Waals surface area contributed by atoms with E-state index in [1.54, 1.807) is 12.1 Å². The van der Waals surface area contributed by atoms with Gasteiger partial charge in [0.05, 0.1) is 19.1 Å². The van der Waals surface area contributed by atoms with E-state index in [4.69, 9.17) is 12.2 Å². The molecule has 0 saturated carbocycles. The van der Waals surface area contributed by atoms with Crippen molar-refractivity contribution in [1.82, 2.24) is 10.6 Å². The van der Waals surface area contributed by atoms with Crippen molar-refractivity contribution in [2.75, 3.05) is 18.4 Å². The van der Waals surface area contributed by atoms with Crippen LogP contribution >= 0.6 is 0 Å². The van der Waals surface area contributed by atoms with Crippen LogP contribution in [0.15, 0.2) is 24.3 Å². The third-order valence-corrected chi connectivity index (χ3v) is 2.57. The molecule has 106 valence electrons. The van der Waals surface area contributed by atoms with Crippen LogP contribution in [0.1, 0.15) is 18.5 Å². The quantitative estimate of drug-likeness (QED) is 0.451. The van der Waals surface area contributed by atoms with E-state index in [9.17, 15) is 9.59 Å². The van der Waals surface area contributed by atoms with Gasteiger partial charge in [0.15, 0.2) is 0 Å². The van der Waals surface area contributed by atoms with Crippen LogP contribution in [-0.4, -0.2) is 25.0 Å². The lowest BCUT2D eigenvalue weighted by molar-refractivity contribution is -0.120. The number of hydrogen-bond acceptors (Lipinski definition) is 3. The molecule has 6 nitrogen and oxygen atoms in total. The average Bonchev–Trinajstić information content (AvgIpc) is 2.39. The molecule has 0 bridgehead atoms. The van der Waals surface area contributed by atoms with Crippen molar-refractivity contribution in [3.63, 3.8) is 0 Å². The number of carbonyl (C=O) groups excluding carboxylic acids is 2. The molecule has 1 atom stereocenters. The average molecular weight is 274 g/mol. The largest absolute Gasteiger partial charge is 0.351 e. The number of amides is 3. The monoisotopic (exact) mass is 274 g/mol. The molecule has 1 unspecified atom stereocenters. The Morgan fingerprint density at radius 3 is 2.55 bits per heavy atom. The highest BCUT2D eigenvalue weighted by Crippen LogP contribution is 2.15. The fourth-order valence-corrected chi connectivity index (χ4v) is 1.62. The Morgan fingerprint density at radius 2 is 2.00 bits per heavy atom. The maximum Gasteiger partial charge on any atom is 0.316 e. The molecule has 3 amide bonds. The first kappa shape index (κ1) is 15.5. The molecule has 0 aromatic heterocycles. The van der Waals surface area contributed by atoms with Gasteiger partial charge >= 0.3 is 6.03 Å². The third-order valence-electron chi connectivity index (χ3n) is 2.57. The second kappa shape index (κ2) is 7.81. The summed E-state index contributed by atoms with van der Waals surface area (Å²) in [5.41, 5.74) is 6.55. The number of primary amides is 1. The van der Waals surface area contributed by atoms with Crippen molar-refractivity contribution in [2.45, 2.75) is 13.0 Å². The first-order valence-electron chi connectivity index (χ1n) is 6.13. The maximum absolute atomic E-state index is 11.6. The highest BCUT2D eigenvalue weighted by molar-refractivity contribution is 5.87. The van der Waals surface area contributed by atoms with Gasteiger partial charge < -0.3 is 16.4 Å². The van der Waals surface area contributed by atoms with E-state index in [0.29, 0.717) is 12.2 Å². The van der Waals surface area contributed by atoms with E-state index in [2.05, 4.69) is 21.9 Å². The van der Waals surface area contributed by atoms with Gasteiger partial charge in [-0.15, -0.1) is 6.42 Å². The first-order chi connectivity index (χ1) is 9.52. The van der Waals surface area contributed by atoms with Crippen molar-refractivity contribution in [2.24, 2.45) is 5.73 Å². The number of benzene rings is 1. The Kier molecular flexibility index (Phi) is 6.07. The molecule has 1 aromatic rings. The van der Waals surface area contributed by atoms with Crippen LogP contribution in [0.25, 0.3) is 0 Å². The number of nitrogens with two attached hydrogens (primary N) is 1. The van der Waals surface area contributed by atoms with Crippen LogP contribution in [0.5, 0.6) is 0 Å². The second-order valence-corrected chi connectivity index (χ2v) is 4.21. The highest BCUT2D eigenvalue weighted by Gasteiger charge is 2.09. The van der Waals surface area contributed by atoms with Crippen molar-refractivity contribution >= 4 is 17.6 Å². The highest BCUT2D eigenvalue weighted by atomic mass is 16.2. The van der Waals surface area contributed by atoms with E-state index < -0.39 is 6.03 Å². The Balaban J connectivity index is 2.51. The molecule has 0 fully saturated rings. The number of carbonyl (C=O) groups is 2. The predicted octanol–water partition coefficient (Wildman–Crippen LogP) is 0.577. The fourth-order valence-electron chi connectivity index (χ4n) is 1.62. The summed E-state index contributed by atoms with van der Waals surface area (Å²) >= 11 is 0. The summed E-state index contributed by atoms with van der Waals surface area (Å²) in [6.45, 7) is 2.40. The predicted molar refractivity (Wildman–Crippen MR) is 77.9 cm³/mol. The standard InChI is InChI=1S/C14H18N4O2/c1-3-8-16-9-13(19)17-10(2)11-4-6-12(7-5-11)18-14(15)20/h1,4-7,10,16H,8-9H2,2H3,(H,17,19)(H3,15,18,20). The van der Waals surface area contributed by atoms with Gasteiger partial charge in [0.1, 0.15) is 0 Å². The molecule has 1 rings (SSSR count). The molecule has 0 radical (unpaired) electrons. The number of rotatable bonds is 6. The Bertz CT molecular complexity index is 505. The number of terminal acetylenes is 1. The van der Waals surface area contributed by atoms with E-state index >= 15 is 0 Å². The Hall–Kier alpha value is -2.52. The van der Waals surface area contributed by atoms with Gasteiger partial charge in [-0.3, -0.25) is 10.1 Å². The van der Waals surface area contributed by atoms with Crippen LogP contribution in [0.3, 0.4) is 0 Å². The third kappa shape index (κ3) is 5.42. The number of urea groups is 1. The van der Waals surface area contributed by atoms with Crippen molar-refractivity contribution in [3.8, 4) is 12.3 Å². The topological polar surface area (TPSA) is 96.2 Å². The molecule has 20 heavy (non-hydrogen) atoms. The van der Waals surface area contributed by atoms with Crippen LogP contribution in [0, 0.1) is 12.3 Å². The lowest BCUT2D eigenvalue weighted by Gasteiger charge is -2.15. The van der Waals surface area contributed by atoms with Gasteiger partial charge in [0.25, 0.3) is 0 Å². The summed E-state index contributed by atoms with van der Waals surface area (Å²) in [6.07, 6.45) is 5.07. The molecule has 0 aliphatic heterocycles. The summed E-state index contributed by atoms with van der Waals surface area (Å²) < 4.78 is 0. The maximum atomic E-state index is 11.6. The molecular formula is C14H18N4O2.